The van der Waals surface area contributed by atoms with Crippen LogP contribution in [-0.2, 0) is 37.4 Å². The first-order valence-electron chi connectivity index (χ1n) is 17.1. The molecular formula is C35H43F3N6O9S2. The van der Waals surface area contributed by atoms with Crippen LogP contribution in [0.15, 0.2) is 69.6 Å². The van der Waals surface area contributed by atoms with E-state index in [1.54, 1.807) is 18.8 Å². The standard InChI is InChI=1S/C33H42N6O7S2.C2HF3O2/c1-22(2)18-39(19-29(40)27(15-23-9-6-5-7-10-23)36-33(42)45-20-24-17-34-21-47-24)48(43,44)25-12-13-26-30(16-25)46-32(35-26)38(4)31(41)28-11-8-14-37(28)3;3-2(4,5)1(6)7/h5-7,9-10,12-13,16-17,21-22,27-29,40H,8,11,14-15,18-20H2,1-4H3,(H,36,42);(H,6,7). The lowest BCUT2D eigenvalue weighted by Crippen LogP contribution is -2.51. The van der Waals surface area contributed by atoms with Gasteiger partial charge in [0, 0.05) is 32.4 Å². The number of aliphatic carboxylic acids is 1. The maximum absolute atomic E-state index is 14.1. The van der Waals surface area contributed by atoms with Crippen molar-refractivity contribution in [1.82, 2.24) is 24.5 Å². The number of benzene rings is 2. The molecule has 3 N–H and O–H groups in total. The Morgan fingerprint density at radius 1 is 1.15 bits per heavy atom. The summed E-state index contributed by atoms with van der Waals surface area (Å²) in [5, 5.41) is 21.4. The highest BCUT2D eigenvalue weighted by atomic mass is 32.2. The Morgan fingerprint density at radius 2 is 1.84 bits per heavy atom. The van der Waals surface area contributed by atoms with Crippen LogP contribution in [0.2, 0.25) is 0 Å². The van der Waals surface area contributed by atoms with Crippen LogP contribution in [0.4, 0.5) is 24.0 Å². The largest absolute Gasteiger partial charge is 0.490 e. The van der Waals surface area contributed by atoms with Crippen LogP contribution in [-0.4, -0.2) is 114 Å². The predicted molar refractivity (Wildman–Crippen MR) is 196 cm³/mol. The Balaban J connectivity index is 0.000000876. The number of hydrogen-bond acceptors (Lipinski definition) is 12. The third-order valence-corrected chi connectivity index (χ3v) is 11.1. The number of carboxylic acids is 1. The van der Waals surface area contributed by atoms with E-state index >= 15 is 0 Å². The summed E-state index contributed by atoms with van der Waals surface area (Å²) in [6, 6.07) is 12.6. The van der Waals surface area contributed by atoms with Gasteiger partial charge in [-0.3, -0.25) is 19.6 Å². The molecule has 1 fully saturated rings. The number of carbonyl (C=O) groups excluding carboxylic acids is 2. The molecule has 3 heterocycles. The quantitative estimate of drug-likeness (QED) is 0.161. The number of nitrogens with one attached hydrogen (secondary N) is 1. The molecule has 55 heavy (non-hydrogen) atoms. The van der Waals surface area contributed by atoms with Gasteiger partial charge in [0.15, 0.2) is 5.58 Å². The van der Waals surface area contributed by atoms with Gasteiger partial charge in [-0.1, -0.05) is 44.2 Å². The van der Waals surface area contributed by atoms with Crippen molar-refractivity contribution in [2.45, 2.75) is 69.0 Å². The molecule has 0 spiro atoms. The number of anilines is 1. The monoisotopic (exact) mass is 812 g/mol. The molecule has 15 nitrogen and oxygen atoms in total. The van der Waals surface area contributed by atoms with Gasteiger partial charge >= 0.3 is 24.3 Å². The van der Waals surface area contributed by atoms with E-state index in [1.807, 2.05) is 56.1 Å². The van der Waals surface area contributed by atoms with Gasteiger partial charge in [0.1, 0.15) is 12.1 Å². The number of oxazole rings is 1. The van der Waals surface area contributed by atoms with Crippen molar-refractivity contribution in [1.29, 1.82) is 0 Å². The number of ether oxygens (including phenoxy) is 1. The first-order chi connectivity index (χ1) is 25.9. The molecular weight excluding hydrogens is 770 g/mol. The molecule has 1 aliphatic rings. The number of fused-ring (bicyclic) bond motifs is 1. The van der Waals surface area contributed by atoms with Gasteiger partial charge in [-0.05, 0) is 56.5 Å². The van der Waals surface area contributed by atoms with Crippen molar-refractivity contribution in [3.8, 4) is 0 Å². The number of aliphatic hydroxyl groups excluding tert-OH is 1. The maximum Gasteiger partial charge on any atom is 0.490 e. The van der Waals surface area contributed by atoms with Crippen LogP contribution in [0, 0.1) is 5.92 Å². The SMILES string of the molecule is CC(C)CN(CC(O)C(Cc1ccccc1)NC(=O)OCc1cncs1)S(=O)(=O)c1ccc2nc(N(C)C(=O)C3CCCN3C)oc2c1.O=C(O)C(F)(F)F. The van der Waals surface area contributed by atoms with Gasteiger partial charge in [-0.15, -0.1) is 11.3 Å². The number of likely N-dealkylation sites (N-methyl/N-ethyl adjacent to an activating group) is 2. The number of nitrogens with zero attached hydrogens (tertiary/aromatic N) is 5. The molecule has 2 aromatic heterocycles. The number of likely N-dealkylation sites (tertiary alicyclic amines) is 1. The van der Waals surface area contributed by atoms with Gasteiger partial charge in [-0.2, -0.15) is 22.5 Å². The topological polar surface area (TPSA) is 196 Å². The summed E-state index contributed by atoms with van der Waals surface area (Å²) in [6.45, 7) is 4.43. The molecule has 300 valence electrons. The Morgan fingerprint density at radius 3 is 2.42 bits per heavy atom. The van der Waals surface area contributed by atoms with E-state index in [1.165, 1.54) is 38.7 Å². The third-order valence-electron chi connectivity index (χ3n) is 8.51. The molecule has 5 rings (SSSR count). The zero-order chi connectivity index (χ0) is 40.5. The fourth-order valence-corrected chi connectivity index (χ4v) is 7.84. The molecule has 2 aromatic carbocycles. The van der Waals surface area contributed by atoms with Crippen molar-refractivity contribution >= 4 is 56.4 Å². The highest BCUT2D eigenvalue weighted by Crippen LogP contribution is 2.28. The number of hydrogen-bond donors (Lipinski definition) is 3. The molecule has 3 atom stereocenters. The molecule has 1 aliphatic heterocycles. The van der Waals surface area contributed by atoms with Crippen LogP contribution in [0.3, 0.4) is 0 Å². The Kier molecular flexibility index (Phi) is 14.7. The second-order valence-electron chi connectivity index (χ2n) is 13.2. The first kappa shape index (κ1) is 43.1. The van der Waals surface area contributed by atoms with Gasteiger partial charge in [0.2, 0.25) is 15.9 Å². The number of sulfonamides is 1. The van der Waals surface area contributed by atoms with Crippen LogP contribution >= 0.6 is 11.3 Å². The van der Waals surface area contributed by atoms with Crippen molar-refractivity contribution in [3.05, 3.63) is 70.7 Å². The summed E-state index contributed by atoms with van der Waals surface area (Å²) in [5.41, 5.74) is 3.10. The minimum Gasteiger partial charge on any atom is -0.475 e. The molecule has 0 aliphatic carbocycles. The smallest absolute Gasteiger partial charge is 0.475 e. The van der Waals surface area contributed by atoms with E-state index in [0.29, 0.717) is 5.52 Å². The maximum atomic E-state index is 14.1. The summed E-state index contributed by atoms with van der Waals surface area (Å²) in [7, 11) is -0.656. The molecule has 2 amide bonds. The van der Waals surface area contributed by atoms with Crippen LogP contribution in [0.25, 0.3) is 11.1 Å². The zero-order valence-electron chi connectivity index (χ0n) is 30.5. The summed E-state index contributed by atoms with van der Waals surface area (Å²) in [5.74, 6) is -2.98. The number of rotatable bonds is 14. The highest BCUT2D eigenvalue weighted by Gasteiger charge is 2.38. The minimum atomic E-state index is -5.08. The molecule has 20 heteroatoms. The molecule has 0 radical (unpaired) electrons. The average Bonchev–Trinajstić information content (AvgIpc) is 3.91. The van der Waals surface area contributed by atoms with E-state index in [0.717, 1.165) is 29.8 Å². The molecule has 3 unspecified atom stereocenters. The summed E-state index contributed by atoms with van der Waals surface area (Å²) in [4.78, 5) is 47.3. The normalized spacial score (nSPS) is 16.1. The van der Waals surface area contributed by atoms with Gasteiger partial charge in [0.25, 0.3) is 0 Å². The number of alkyl halides is 3. The van der Waals surface area contributed by atoms with Gasteiger partial charge in [-0.25, -0.2) is 18.0 Å². The van der Waals surface area contributed by atoms with Crippen molar-refractivity contribution in [2.75, 3.05) is 38.6 Å². The lowest BCUT2D eigenvalue weighted by Gasteiger charge is -2.30. The summed E-state index contributed by atoms with van der Waals surface area (Å²) >= 11 is 1.35. The average molecular weight is 813 g/mol. The number of amides is 2. The van der Waals surface area contributed by atoms with Gasteiger partial charge in [0.05, 0.1) is 33.5 Å². The highest BCUT2D eigenvalue weighted by molar-refractivity contribution is 7.89. The number of aromatic nitrogens is 2. The van der Waals surface area contributed by atoms with Crippen molar-refractivity contribution < 1.29 is 55.3 Å². The Bertz CT molecular complexity index is 2000. The number of halogens is 3. The van der Waals surface area contributed by atoms with E-state index in [-0.39, 0.29) is 60.5 Å². The first-order valence-corrected chi connectivity index (χ1v) is 19.4. The second-order valence-corrected chi connectivity index (χ2v) is 16.1. The lowest BCUT2D eigenvalue weighted by molar-refractivity contribution is -0.192. The minimum absolute atomic E-state index is 0.0198. The molecule has 1 saturated heterocycles. The summed E-state index contributed by atoms with van der Waals surface area (Å²) in [6.07, 6.45) is -3.59. The van der Waals surface area contributed by atoms with E-state index in [2.05, 4.69) is 15.3 Å². The van der Waals surface area contributed by atoms with E-state index in [4.69, 9.17) is 19.1 Å². The fourth-order valence-electron chi connectivity index (χ4n) is 5.69. The van der Waals surface area contributed by atoms with E-state index in [9.17, 15) is 36.3 Å². The number of thiazole rings is 1. The number of alkyl carbamates (subject to hydrolysis) is 1. The summed E-state index contributed by atoms with van der Waals surface area (Å²) < 4.78 is 72.4. The predicted octanol–water partition coefficient (Wildman–Crippen LogP) is 4.52. The second kappa shape index (κ2) is 18.8. The zero-order valence-corrected chi connectivity index (χ0v) is 32.1. The lowest BCUT2D eigenvalue weighted by atomic mass is 10.0. The van der Waals surface area contributed by atoms with Gasteiger partial charge < -0.3 is 24.7 Å². The molecule has 4 aromatic rings. The number of carboxylic acid groups (broad SMARTS) is 1. The van der Waals surface area contributed by atoms with Crippen LogP contribution in [0.1, 0.15) is 37.1 Å². The Labute approximate surface area is 319 Å². The molecule has 0 bridgehead atoms. The Hall–Kier alpha value is -4.63. The number of aliphatic hydroxyl groups is 1. The number of carbonyl (C=O) groups is 3. The van der Waals surface area contributed by atoms with Crippen LogP contribution in [0.5, 0.6) is 0 Å². The van der Waals surface area contributed by atoms with E-state index < -0.39 is 40.4 Å². The molecule has 0 saturated carbocycles. The van der Waals surface area contributed by atoms with Crippen molar-refractivity contribution in [2.24, 2.45) is 5.92 Å². The fraction of sp³-hybridized carbons (Fsp3) is 0.457. The van der Waals surface area contributed by atoms with Crippen LogP contribution < -0.4 is 10.2 Å². The third kappa shape index (κ3) is 11.9. The van der Waals surface area contributed by atoms with Crippen molar-refractivity contribution in [3.63, 3.8) is 0 Å².